The Morgan fingerprint density at radius 1 is 1.12 bits per heavy atom. The Hall–Kier alpha value is -1.65. The van der Waals surface area contributed by atoms with E-state index in [1.54, 1.807) is 18.2 Å². The summed E-state index contributed by atoms with van der Waals surface area (Å²) in [6.07, 6.45) is 2.95. The predicted octanol–water partition coefficient (Wildman–Crippen LogP) is 5.56. The van der Waals surface area contributed by atoms with Crippen molar-refractivity contribution in [1.29, 1.82) is 0 Å². The summed E-state index contributed by atoms with van der Waals surface area (Å²) >= 11 is 15.3. The number of amides is 2. The fourth-order valence-electron chi connectivity index (χ4n) is 4.59. The van der Waals surface area contributed by atoms with Crippen LogP contribution in [0.2, 0.25) is 10.0 Å². The van der Waals surface area contributed by atoms with Crippen LogP contribution < -0.4 is 10.6 Å². The van der Waals surface area contributed by atoms with Gasteiger partial charge in [-0.15, -0.1) is 22.7 Å². The summed E-state index contributed by atoms with van der Waals surface area (Å²) in [5, 5.41) is 7.97. The van der Waals surface area contributed by atoms with Gasteiger partial charge in [0.2, 0.25) is 0 Å². The van der Waals surface area contributed by atoms with Gasteiger partial charge in [-0.3, -0.25) is 9.59 Å². The molecule has 2 aromatic heterocycles. The second-order valence-corrected chi connectivity index (χ2v) is 14.2. The lowest BCUT2D eigenvalue weighted by molar-refractivity contribution is 0.0941. The molecule has 11 heteroatoms. The van der Waals surface area contributed by atoms with Crippen molar-refractivity contribution in [3.8, 4) is 0 Å². The number of hydrogen-bond donors (Lipinski definition) is 2. The number of carbonyl (C=O) groups is 2. The first-order valence-corrected chi connectivity index (χ1v) is 15.2. The van der Waals surface area contributed by atoms with Crippen molar-refractivity contribution in [1.82, 2.24) is 5.32 Å². The lowest BCUT2D eigenvalue weighted by Gasteiger charge is -2.19. The minimum Gasteiger partial charge on any atom is -0.348 e. The molecule has 1 aliphatic carbocycles. The molecule has 2 amide bonds. The van der Waals surface area contributed by atoms with Gasteiger partial charge in [0.05, 0.1) is 22.1 Å². The van der Waals surface area contributed by atoms with Gasteiger partial charge in [-0.05, 0) is 49.3 Å². The number of carbonyl (C=O) groups excluding carboxylic acids is 2. The summed E-state index contributed by atoms with van der Waals surface area (Å²) in [4.78, 5) is 28.0. The zero-order valence-electron chi connectivity index (χ0n) is 18.2. The average Bonchev–Trinajstić information content (AvgIpc) is 3.39. The quantitative estimate of drug-likeness (QED) is 0.439. The number of sulfone groups is 1. The minimum absolute atomic E-state index is 0.0518. The summed E-state index contributed by atoms with van der Waals surface area (Å²) < 4.78 is 24.5. The Balaban J connectivity index is 1.47. The van der Waals surface area contributed by atoms with Gasteiger partial charge in [0, 0.05) is 26.0 Å². The van der Waals surface area contributed by atoms with Gasteiger partial charge >= 0.3 is 0 Å². The first-order chi connectivity index (χ1) is 16.1. The molecule has 0 radical (unpaired) electrons. The van der Waals surface area contributed by atoms with Crippen molar-refractivity contribution in [2.75, 3.05) is 16.8 Å². The monoisotopic (exact) mass is 556 g/mol. The zero-order valence-corrected chi connectivity index (χ0v) is 22.2. The highest BCUT2D eigenvalue weighted by molar-refractivity contribution is 7.91. The van der Waals surface area contributed by atoms with Crippen LogP contribution in [0.25, 0.3) is 10.1 Å². The van der Waals surface area contributed by atoms with Crippen molar-refractivity contribution in [3.05, 3.63) is 49.1 Å². The predicted molar refractivity (Wildman–Crippen MR) is 140 cm³/mol. The number of anilines is 1. The van der Waals surface area contributed by atoms with Crippen molar-refractivity contribution in [2.24, 2.45) is 5.92 Å². The number of thiophene rings is 2. The molecule has 1 saturated heterocycles. The lowest BCUT2D eigenvalue weighted by Crippen LogP contribution is -2.36. The maximum atomic E-state index is 13.3. The van der Waals surface area contributed by atoms with Crippen LogP contribution in [-0.2, 0) is 22.7 Å². The minimum atomic E-state index is -3.12. The molecule has 1 aliphatic heterocycles. The van der Waals surface area contributed by atoms with Crippen LogP contribution in [0.3, 0.4) is 0 Å². The van der Waals surface area contributed by atoms with Gasteiger partial charge in [-0.2, -0.15) is 0 Å². The maximum Gasteiger partial charge on any atom is 0.267 e. The van der Waals surface area contributed by atoms with E-state index in [2.05, 4.69) is 17.6 Å². The molecule has 1 fully saturated rings. The normalized spacial score (nSPS) is 21.4. The number of nitrogens with one attached hydrogen (secondary N) is 2. The molecule has 2 aliphatic rings. The van der Waals surface area contributed by atoms with Gasteiger partial charge in [-0.25, -0.2) is 8.42 Å². The van der Waals surface area contributed by atoms with Crippen molar-refractivity contribution in [3.63, 3.8) is 0 Å². The van der Waals surface area contributed by atoms with E-state index in [1.807, 2.05) is 0 Å². The standard InChI is InChI=1S/C23H22Cl2N2O4S3/c1-11-2-4-14-16(8-11)33-23(18(14)21(28)26-13-6-7-34(30,31)10-13)27-22(29)20-19(25)15-5-3-12(24)9-17(15)32-20/h3,5,9,11,13H,2,4,6-8,10H2,1H3,(H,26,28)(H,27,29). The number of benzene rings is 1. The van der Waals surface area contributed by atoms with Gasteiger partial charge in [-0.1, -0.05) is 36.2 Å². The van der Waals surface area contributed by atoms with Gasteiger partial charge in [0.1, 0.15) is 9.88 Å². The number of hydrogen-bond acceptors (Lipinski definition) is 6. The van der Waals surface area contributed by atoms with E-state index >= 15 is 0 Å². The van der Waals surface area contributed by atoms with E-state index in [0.29, 0.717) is 37.8 Å². The van der Waals surface area contributed by atoms with Crippen molar-refractivity contribution in [2.45, 2.75) is 38.6 Å². The molecule has 2 unspecified atom stereocenters. The van der Waals surface area contributed by atoms with Crippen molar-refractivity contribution < 1.29 is 18.0 Å². The Bertz CT molecular complexity index is 1430. The van der Waals surface area contributed by atoms with Crippen LogP contribution in [0.15, 0.2) is 18.2 Å². The number of halogens is 2. The Morgan fingerprint density at radius 2 is 1.91 bits per heavy atom. The maximum absolute atomic E-state index is 13.3. The fraction of sp³-hybridized carbons (Fsp3) is 0.391. The third kappa shape index (κ3) is 4.60. The average molecular weight is 558 g/mol. The highest BCUT2D eigenvalue weighted by Crippen LogP contribution is 2.41. The first kappa shape index (κ1) is 24.1. The SMILES string of the molecule is CC1CCc2c(sc(NC(=O)c3sc4cc(Cl)ccc4c3Cl)c2C(=O)NC2CCS(=O)(=O)C2)C1. The highest BCUT2D eigenvalue weighted by atomic mass is 35.5. The van der Waals surface area contributed by atoms with Gasteiger partial charge < -0.3 is 10.6 Å². The van der Waals surface area contributed by atoms with Crippen LogP contribution in [0.1, 0.15) is 50.2 Å². The molecular weight excluding hydrogens is 535 g/mol. The fourth-order valence-corrected chi connectivity index (χ4v) is 9.36. The van der Waals surface area contributed by atoms with Crippen LogP contribution >= 0.6 is 45.9 Å². The van der Waals surface area contributed by atoms with Crippen LogP contribution in [0.5, 0.6) is 0 Å². The Labute approximate surface area is 215 Å². The highest BCUT2D eigenvalue weighted by Gasteiger charge is 2.33. The largest absolute Gasteiger partial charge is 0.348 e. The van der Waals surface area contributed by atoms with Crippen molar-refractivity contribution >= 4 is 82.6 Å². The molecule has 0 bridgehead atoms. The topological polar surface area (TPSA) is 92.3 Å². The molecular formula is C23H22Cl2N2O4S3. The molecule has 0 spiro atoms. The third-order valence-electron chi connectivity index (χ3n) is 6.33. The number of fused-ring (bicyclic) bond motifs is 2. The Kier molecular flexibility index (Phi) is 6.44. The molecule has 5 rings (SSSR count). The zero-order chi connectivity index (χ0) is 24.2. The summed E-state index contributed by atoms with van der Waals surface area (Å²) in [6, 6.07) is 4.86. The van der Waals surface area contributed by atoms with E-state index in [4.69, 9.17) is 23.2 Å². The summed E-state index contributed by atoms with van der Waals surface area (Å²) in [6.45, 7) is 2.17. The third-order valence-corrected chi connectivity index (χ3v) is 11.2. The van der Waals surface area contributed by atoms with E-state index in [-0.39, 0.29) is 23.3 Å². The van der Waals surface area contributed by atoms with Gasteiger partial charge in [0.25, 0.3) is 11.8 Å². The first-order valence-electron chi connectivity index (χ1n) is 11.0. The second-order valence-electron chi connectivity index (χ2n) is 8.97. The lowest BCUT2D eigenvalue weighted by atomic mass is 9.88. The smallest absolute Gasteiger partial charge is 0.267 e. The Morgan fingerprint density at radius 3 is 2.65 bits per heavy atom. The van der Waals surface area contributed by atoms with E-state index in [0.717, 1.165) is 39.8 Å². The van der Waals surface area contributed by atoms with E-state index < -0.39 is 15.9 Å². The second kappa shape index (κ2) is 9.09. The molecule has 2 N–H and O–H groups in total. The molecule has 2 atom stereocenters. The summed E-state index contributed by atoms with van der Waals surface area (Å²) in [5.74, 6) is -0.198. The molecule has 3 heterocycles. The molecule has 6 nitrogen and oxygen atoms in total. The molecule has 3 aromatic rings. The summed E-state index contributed by atoms with van der Waals surface area (Å²) in [7, 11) is -3.12. The van der Waals surface area contributed by atoms with Crippen LogP contribution in [-0.4, -0.2) is 37.8 Å². The molecule has 34 heavy (non-hydrogen) atoms. The molecule has 180 valence electrons. The molecule has 0 saturated carbocycles. The van der Waals surface area contributed by atoms with Gasteiger partial charge in [0.15, 0.2) is 9.84 Å². The van der Waals surface area contributed by atoms with E-state index in [9.17, 15) is 18.0 Å². The molecule has 1 aromatic carbocycles. The summed E-state index contributed by atoms with van der Waals surface area (Å²) in [5.41, 5.74) is 1.40. The number of rotatable bonds is 4. The van der Waals surface area contributed by atoms with Crippen LogP contribution in [0.4, 0.5) is 5.00 Å². The van der Waals surface area contributed by atoms with Crippen LogP contribution in [0, 0.1) is 5.92 Å². The van der Waals surface area contributed by atoms with E-state index in [1.165, 1.54) is 22.7 Å².